The highest BCUT2D eigenvalue weighted by Crippen LogP contribution is 2.23. The fourth-order valence-electron chi connectivity index (χ4n) is 2.04. The second kappa shape index (κ2) is 4.91. The monoisotopic (exact) mass is 241 g/mol. The minimum absolute atomic E-state index is 0.121. The number of halogens is 1. The van der Waals surface area contributed by atoms with Gasteiger partial charge in [-0.1, -0.05) is 42.5 Å². The molecule has 0 saturated heterocycles. The Morgan fingerprint density at radius 2 is 1.78 bits per heavy atom. The van der Waals surface area contributed by atoms with Gasteiger partial charge in [0, 0.05) is 18.2 Å². The zero-order valence-electron chi connectivity index (χ0n) is 10.2. The summed E-state index contributed by atoms with van der Waals surface area (Å²) in [6, 6.07) is 16.0. The highest BCUT2D eigenvalue weighted by atomic mass is 19.1. The summed E-state index contributed by atoms with van der Waals surface area (Å²) in [7, 11) is 0. The second-order valence-corrected chi connectivity index (χ2v) is 4.83. The van der Waals surface area contributed by atoms with Gasteiger partial charge in [-0.25, -0.2) is 4.39 Å². The van der Waals surface area contributed by atoms with Gasteiger partial charge in [-0.15, -0.1) is 0 Å². The lowest BCUT2D eigenvalue weighted by Crippen LogP contribution is -2.16. The Labute approximate surface area is 107 Å². The molecule has 0 amide bonds. The fourth-order valence-corrected chi connectivity index (χ4v) is 2.04. The Bertz CT molecular complexity index is 532. The minimum atomic E-state index is -0.121. The summed E-state index contributed by atoms with van der Waals surface area (Å²) in [6.07, 6.45) is 2.45. The number of hydrogen-bond donors (Lipinski definition) is 1. The number of nitrogens with one attached hydrogen (secondary N) is 1. The molecule has 1 N–H and O–H groups in total. The molecule has 1 aliphatic rings. The van der Waals surface area contributed by atoms with E-state index in [1.54, 1.807) is 6.07 Å². The van der Waals surface area contributed by atoms with Gasteiger partial charge < -0.3 is 5.32 Å². The quantitative estimate of drug-likeness (QED) is 0.859. The molecule has 0 atom stereocenters. The maximum absolute atomic E-state index is 14.0. The van der Waals surface area contributed by atoms with Crippen molar-refractivity contribution in [2.45, 2.75) is 25.4 Å². The molecule has 92 valence electrons. The summed E-state index contributed by atoms with van der Waals surface area (Å²) in [5.74, 6) is -0.121. The molecular weight excluding hydrogens is 225 g/mol. The Hall–Kier alpha value is -1.67. The van der Waals surface area contributed by atoms with E-state index in [9.17, 15) is 4.39 Å². The molecule has 1 saturated carbocycles. The van der Waals surface area contributed by atoms with Crippen molar-refractivity contribution < 1.29 is 4.39 Å². The summed E-state index contributed by atoms with van der Waals surface area (Å²) >= 11 is 0. The average molecular weight is 241 g/mol. The van der Waals surface area contributed by atoms with Crippen LogP contribution in [0.3, 0.4) is 0 Å². The minimum Gasteiger partial charge on any atom is -0.310 e. The highest BCUT2D eigenvalue weighted by Gasteiger charge is 2.20. The predicted molar refractivity (Wildman–Crippen MR) is 71.7 cm³/mol. The van der Waals surface area contributed by atoms with Crippen molar-refractivity contribution in [2.24, 2.45) is 0 Å². The van der Waals surface area contributed by atoms with Crippen LogP contribution in [0.15, 0.2) is 48.5 Å². The van der Waals surface area contributed by atoms with Crippen LogP contribution in [0.2, 0.25) is 0 Å². The lowest BCUT2D eigenvalue weighted by molar-refractivity contribution is 0.587. The Kier molecular flexibility index (Phi) is 3.11. The number of benzene rings is 2. The van der Waals surface area contributed by atoms with Crippen LogP contribution in [0.4, 0.5) is 4.39 Å². The molecule has 1 aliphatic carbocycles. The fraction of sp³-hybridized carbons (Fsp3) is 0.250. The van der Waals surface area contributed by atoms with Crippen LogP contribution < -0.4 is 5.32 Å². The van der Waals surface area contributed by atoms with Crippen molar-refractivity contribution in [1.29, 1.82) is 0 Å². The summed E-state index contributed by atoms with van der Waals surface area (Å²) < 4.78 is 14.0. The van der Waals surface area contributed by atoms with E-state index in [1.807, 2.05) is 42.5 Å². The first-order chi connectivity index (χ1) is 8.83. The topological polar surface area (TPSA) is 12.0 Å². The molecule has 0 aliphatic heterocycles. The molecule has 0 bridgehead atoms. The van der Waals surface area contributed by atoms with Crippen molar-refractivity contribution in [2.75, 3.05) is 0 Å². The molecule has 2 aromatic carbocycles. The van der Waals surface area contributed by atoms with Gasteiger partial charge in [-0.3, -0.25) is 0 Å². The Morgan fingerprint density at radius 3 is 2.44 bits per heavy atom. The Balaban J connectivity index is 1.79. The van der Waals surface area contributed by atoms with Crippen LogP contribution in [0, 0.1) is 5.82 Å². The second-order valence-electron chi connectivity index (χ2n) is 4.83. The number of rotatable bonds is 4. The SMILES string of the molecule is Fc1cc(-c2ccccc2)ccc1CNC1CC1. The van der Waals surface area contributed by atoms with Gasteiger partial charge >= 0.3 is 0 Å². The third kappa shape index (κ3) is 2.59. The van der Waals surface area contributed by atoms with Gasteiger partial charge in [-0.05, 0) is 30.0 Å². The van der Waals surface area contributed by atoms with Gasteiger partial charge in [0.05, 0.1) is 0 Å². The van der Waals surface area contributed by atoms with E-state index in [4.69, 9.17) is 0 Å². The van der Waals surface area contributed by atoms with E-state index in [-0.39, 0.29) is 5.82 Å². The van der Waals surface area contributed by atoms with Crippen LogP contribution >= 0.6 is 0 Å². The average Bonchev–Trinajstić information content (AvgIpc) is 3.22. The van der Waals surface area contributed by atoms with E-state index in [2.05, 4.69) is 5.32 Å². The normalized spacial score (nSPS) is 14.7. The zero-order valence-corrected chi connectivity index (χ0v) is 10.2. The first-order valence-corrected chi connectivity index (χ1v) is 6.40. The molecule has 0 aromatic heterocycles. The van der Waals surface area contributed by atoms with E-state index in [1.165, 1.54) is 12.8 Å². The lowest BCUT2D eigenvalue weighted by Gasteiger charge is -2.07. The molecule has 1 nitrogen and oxygen atoms in total. The maximum Gasteiger partial charge on any atom is 0.128 e. The standard InChI is InChI=1S/C16H16FN/c17-16-10-13(12-4-2-1-3-5-12)6-7-14(16)11-18-15-8-9-15/h1-7,10,15,18H,8-9,11H2. The predicted octanol–water partition coefficient (Wildman–Crippen LogP) is 3.74. The van der Waals surface area contributed by atoms with Gasteiger partial charge in [-0.2, -0.15) is 0 Å². The molecular formula is C16H16FN. The van der Waals surface area contributed by atoms with Gasteiger partial charge in [0.1, 0.15) is 5.82 Å². The molecule has 1 fully saturated rings. The largest absolute Gasteiger partial charge is 0.310 e. The zero-order chi connectivity index (χ0) is 12.4. The first kappa shape index (κ1) is 11.4. The first-order valence-electron chi connectivity index (χ1n) is 6.40. The van der Waals surface area contributed by atoms with Crippen molar-refractivity contribution in [1.82, 2.24) is 5.32 Å². The van der Waals surface area contributed by atoms with Crippen LogP contribution in [0.1, 0.15) is 18.4 Å². The van der Waals surface area contributed by atoms with E-state index < -0.39 is 0 Å². The molecule has 0 heterocycles. The van der Waals surface area contributed by atoms with Gasteiger partial charge in [0.2, 0.25) is 0 Å². The summed E-state index contributed by atoms with van der Waals surface area (Å²) in [5.41, 5.74) is 2.74. The number of hydrogen-bond acceptors (Lipinski definition) is 1. The third-order valence-electron chi connectivity index (χ3n) is 3.32. The molecule has 2 heteroatoms. The molecule has 3 rings (SSSR count). The molecule has 0 spiro atoms. The smallest absolute Gasteiger partial charge is 0.128 e. The van der Waals surface area contributed by atoms with Gasteiger partial charge in [0.25, 0.3) is 0 Å². The molecule has 18 heavy (non-hydrogen) atoms. The van der Waals surface area contributed by atoms with E-state index in [0.717, 1.165) is 16.7 Å². The maximum atomic E-state index is 14.0. The van der Waals surface area contributed by atoms with E-state index in [0.29, 0.717) is 12.6 Å². The van der Waals surface area contributed by atoms with Crippen molar-refractivity contribution in [3.05, 3.63) is 59.9 Å². The van der Waals surface area contributed by atoms with Crippen LogP contribution in [-0.2, 0) is 6.54 Å². The van der Waals surface area contributed by atoms with Crippen molar-refractivity contribution >= 4 is 0 Å². The Morgan fingerprint density at radius 1 is 1.00 bits per heavy atom. The molecule has 0 unspecified atom stereocenters. The van der Waals surface area contributed by atoms with E-state index >= 15 is 0 Å². The molecule has 0 radical (unpaired) electrons. The van der Waals surface area contributed by atoms with Gasteiger partial charge in [0.15, 0.2) is 0 Å². The lowest BCUT2D eigenvalue weighted by atomic mass is 10.0. The summed E-state index contributed by atoms with van der Waals surface area (Å²) in [6.45, 7) is 0.631. The summed E-state index contributed by atoms with van der Waals surface area (Å²) in [4.78, 5) is 0. The van der Waals surface area contributed by atoms with Crippen LogP contribution in [0.5, 0.6) is 0 Å². The molecule has 2 aromatic rings. The van der Waals surface area contributed by atoms with Crippen LogP contribution in [0.25, 0.3) is 11.1 Å². The van der Waals surface area contributed by atoms with Crippen molar-refractivity contribution in [3.63, 3.8) is 0 Å². The highest BCUT2D eigenvalue weighted by molar-refractivity contribution is 5.63. The van der Waals surface area contributed by atoms with Crippen molar-refractivity contribution in [3.8, 4) is 11.1 Å². The third-order valence-corrected chi connectivity index (χ3v) is 3.32. The summed E-state index contributed by atoms with van der Waals surface area (Å²) in [5, 5.41) is 3.33. The van der Waals surface area contributed by atoms with Crippen LogP contribution in [-0.4, -0.2) is 6.04 Å².